The molecule has 0 atom stereocenters. The first-order valence-corrected chi connectivity index (χ1v) is 5.29. The Hall–Kier alpha value is 0.430. The summed E-state index contributed by atoms with van der Waals surface area (Å²) in [6.07, 6.45) is 0. The molecular formula is C9H20P. The van der Waals surface area contributed by atoms with Crippen molar-refractivity contribution in [2.75, 3.05) is 0 Å². The molecule has 0 aromatic heterocycles. The molecule has 0 saturated carbocycles. The second-order valence-corrected chi connectivity index (χ2v) is 8.31. The zero-order chi connectivity index (χ0) is 8.58. The Morgan fingerprint density at radius 1 is 0.800 bits per heavy atom. The second-order valence-electron chi connectivity index (χ2n) is 4.77. The molecule has 0 aromatic carbocycles. The monoisotopic (exact) mass is 159 g/mol. The number of hydrogen-bond donors (Lipinski definition) is 0. The maximum atomic E-state index is 4.25. The molecule has 61 valence electrons. The Bertz CT molecular complexity index is 88.9. The van der Waals surface area contributed by atoms with E-state index in [0.29, 0.717) is 10.3 Å². The van der Waals surface area contributed by atoms with Crippen LogP contribution < -0.4 is 0 Å². The maximum Gasteiger partial charge on any atom is -0.0174 e. The lowest BCUT2D eigenvalue weighted by Gasteiger charge is -2.38. The Kier molecular flexibility index (Phi) is 2.94. The van der Waals surface area contributed by atoms with E-state index in [9.17, 15) is 0 Å². The van der Waals surface area contributed by atoms with Crippen LogP contribution in [0.4, 0.5) is 0 Å². The number of hydrogen-bond acceptors (Lipinski definition) is 0. The Morgan fingerprint density at radius 2 is 1.00 bits per heavy atom. The normalized spacial score (nSPS) is 14.4. The molecule has 1 radical (unpaired) electrons. The minimum absolute atomic E-state index is 0.113. The standard InChI is InChI=1S/C9H20P/c1-8(2,3)10(7)9(4,5)6/h7H2,1-6H3. The molecule has 0 aromatic rings. The first kappa shape index (κ1) is 10.4. The van der Waals surface area contributed by atoms with Crippen LogP contribution >= 0.6 is 7.92 Å². The fraction of sp³-hybridized carbons (Fsp3) is 0.889. The highest BCUT2D eigenvalue weighted by Crippen LogP contribution is 2.57. The Labute approximate surface area is 67.2 Å². The molecule has 0 saturated heterocycles. The summed E-state index contributed by atoms with van der Waals surface area (Å²) >= 11 is 0. The highest BCUT2D eigenvalue weighted by atomic mass is 31.1. The molecule has 0 aliphatic carbocycles. The average Bonchev–Trinajstić information content (AvgIpc) is 1.59. The van der Waals surface area contributed by atoms with E-state index < -0.39 is 0 Å². The summed E-state index contributed by atoms with van der Waals surface area (Å²) in [4.78, 5) is 0. The summed E-state index contributed by atoms with van der Waals surface area (Å²) in [5.74, 6) is 0. The molecule has 0 rings (SSSR count). The second kappa shape index (κ2) is 2.81. The minimum atomic E-state index is -0.113. The molecule has 0 unspecified atom stereocenters. The lowest BCUT2D eigenvalue weighted by atomic mass is 10.2. The zero-order valence-electron chi connectivity index (χ0n) is 8.15. The van der Waals surface area contributed by atoms with Gasteiger partial charge in [0.05, 0.1) is 0 Å². The minimum Gasteiger partial charge on any atom is -0.0953 e. The van der Waals surface area contributed by atoms with Crippen molar-refractivity contribution >= 4 is 7.92 Å². The molecular weight excluding hydrogens is 139 g/mol. The van der Waals surface area contributed by atoms with Gasteiger partial charge in [-0.25, -0.2) is 0 Å². The van der Waals surface area contributed by atoms with Gasteiger partial charge in [0.1, 0.15) is 0 Å². The van der Waals surface area contributed by atoms with Crippen LogP contribution in [0.5, 0.6) is 0 Å². The van der Waals surface area contributed by atoms with Gasteiger partial charge in [-0.3, -0.25) is 0 Å². The fourth-order valence-electron chi connectivity index (χ4n) is 1.01. The highest BCUT2D eigenvalue weighted by molar-refractivity contribution is 7.62. The van der Waals surface area contributed by atoms with Crippen LogP contribution in [0, 0.1) is 6.66 Å². The van der Waals surface area contributed by atoms with Crippen LogP contribution in [0.25, 0.3) is 0 Å². The van der Waals surface area contributed by atoms with Crippen LogP contribution in [-0.2, 0) is 0 Å². The van der Waals surface area contributed by atoms with Crippen molar-refractivity contribution in [3.8, 4) is 0 Å². The SMILES string of the molecule is [CH2]P(C(C)(C)C)C(C)(C)C. The van der Waals surface area contributed by atoms with Crippen molar-refractivity contribution in [2.24, 2.45) is 0 Å². The Morgan fingerprint density at radius 3 is 1.00 bits per heavy atom. The molecule has 0 fully saturated rings. The van der Waals surface area contributed by atoms with Crippen molar-refractivity contribution in [3.05, 3.63) is 6.66 Å². The van der Waals surface area contributed by atoms with Crippen molar-refractivity contribution in [2.45, 2.75) is 51.9 Å². The van der Waals surface area contributed by atoms with E-state index in [2.05, 4.69) is 48.2 Å². The summed E-state index contributed by atoms with van der Waals surface area (Å²) in [7, 11) is -0.113. The van der Waals surface area contributed by atoms with Gasteiger partial charge in [0.2, 0.25) is 0 Å². The molecule has 0 nitrogen and oxygen atoms in total. The molecule has 0 heterocycles. The van der Waals surface area contributed by atoms with E-state index in [-0.39, 0.29) is 7.92 Å². The van der Waals surface area contributed by atoms with E-state index in [1.54, 1.807) is 0 Å². The van der Waals surface area contributed by atoms with Gasteiger partial charge in [0.15, 0.2) is 0 Å². The van der Waals surface area contributed by atoms with Crippen LogP contribution in [0.15, 0.2) is 0 Å². The first-order valence-electron chi connectivity index (χ1n) is 3.76. The van der Waals surface area contributed by atoms with Crippen molar-refractivity contribution < 1.29 is 0 Å². The average molecular weight is 159 g/mol. The summed E-state index contributed by atoms with van der Waals surface area (Å²) in [5.41, 5.74) is 0. The van der Waals surface area contributed by atoms with E-state index in [1.165, 1.54) is 0 Å². The van der Waals surface area contributed by atoms with Crippen LogP contribution in [0.3, 0.4) is 0 Å². The predicted octanol–water partition coefficient (Wildman–Crippen LogP) is 3.86. The van der Waals surface area contributed by atoms with Crippen LogP contribution in [-0.4, -0.2) is 10.3 Å². The van der Waals surface area contributed by atoms with Gasteiger partial charge in [-0.15, -0.1) is 0 Å². The molecule has 1 heteroatoms. The predicted molar refractivity (Wildman–Crippen MR) is 51.8 cm³/mol. The third-order valence-electron chi connectivity index (χ3n) is 1.62. The van der Waals surface area contributed by atoms with Crippen LogP contribution in [0.1, 0.15) is 41.5 Å². The topological polar surface area (TPSA) is 0 Å². The first-order chi connectivity index (χ1) is 4.15. The van der Waals surface area contributed by atoms with E-state index in [4.69, 9.17) is 0 Å². The fourth-order valence-corrected chi connectivity index (χ4v) is 3.02. The van der Waals surface area contributed by atoms with Gasteiger partial charge in [0, 0.05) is 0 Å². The zero-order valence-corrected chi connectivity index (χ0v) is 9.05. The smallest absolute Gasteiger partial charge is 0.0174 e. The maximum absolute atomic E-state index is 4.25. The third kappa shape index (κ3) is 3.01. The van der Waals surface area contributed by atoms with Gasteiger partial charge >= 0.3 is 0 Å². The van der Waals surface area contributed by atoms with Crippen LogP contribution in [0.2, 0.25) is 0 Å². The molecule has 0 N–H and O–H groups in total. The third-order valence-corrected chi connectivity index (χ3v) is 4.86. The summed E-state index contributed by atoms with van der Waals surface area (Å²) in [6, 6.07) is 0. The molecule has 10 heavy (non-hydrogen) atoms. The van der Waals surface area contributed by atoms with Crippen molar-refractivity contribution in [3.63, 3.8) is 0 Å². The summed E-state index contributed by atoms with van der Waals surface area (Å²) in [6.45, 7) is 17.9. The number of rotatable bonds is 0. The van der Waals surface area contributed by atoms with Crippen molar-refractivity contribution in [1.82, 2.24) is 0 Å². The largest absolute Gasteiger partial charge is 0.0953 e. The van der Waals surface area contributed by atoms with Gasteiger partial charge < -0.3 is 0 Å². The summed E-state index contributed by atoms with van der Waals surface area (Å²) < 4.78 is 0. The van der Waals surface area contributed by atoms with Gasteiger partial charge in [-0.2, -0.15) is 0 Å². The van der Waals surface area contributed by atoms with E-state index in [1.807, 2.05) is 0 Å². The lowest BCUT2D eigenvalue weighted by molar-refractivity contribution is 0.714. The van der Waals surface area contributed by atoms with Crippen molar-refractivity contribution in [1.29, 1.82) is 0 Å². The Balaban J connectivity index is 4.23. The van der Waals surface area contributed by atoms with Gasteiger partial charge in [0.25, 0.3) is 0 Å². The molecule has 0 aliphatic rings. The highest BCUT2D eigenvalue weighted by Gasteiger charge is 2.29. The van der Waals surface area contributed by atoms with Gasteiger partial charge in [-0.05, 0) is 17.0 Å². The lowest BCUT2D eigenvalue weighted by Crippen LogP contribution is -2.22. The summed E-state index contributed by atoms with van der Waals surface area (Å²) in [5, 5.41) is 0.793. The molecule has 0 amide bonds. The quantitative estimate of drug-likeness (QED) is 0.471. The molecule has 0 spiro atoms. The molecule has 0 bridgehead atoms. The molecule has 0 aliphatic heterocycles. The van der Waals surface area contributed by atoms with E-state index in [0.717, 1.165) is 0 Å². The van der Waals surface area contributed by atoms with Gasteiger partial charge in [-0.1, -0.05) is 49.5 Å². The van der Waals surface area contributed by atoms with E-state index >= 15 is 0 Å².